The highest BCUT2D eigenvalue weighted by molar-refractivity contribution is 7.97. The van der Waals surface area contributed by atoms with E-state index < -0.39 is 23.8 Å². The number of ketones is 1. The molecule has 2 aliphatic rings. The highest BCUT2D eigenvalue weighted by atomic mass is 32.2. The van der Waals surface area contributed by atoms with Crippen LogP contribution in [0.5, 0.6) is 11.5 Å². The lowest BCUT2D eigenvalue weighted by atomic mass is 9.99. The van der Waals surface area contributed by atoms with Gasteiger partial charge in [0.15, 0.2) is 11.5 Å². The van der Waals surface area contributed by atoms with Gasteiger partial charge in [0.25, 0.3) is 5.91 Å². The maximum Gasteiger partial charge on any atom is 0.289 e. The van der Waals surface area contributed by atoms with Crippen molar-refractivity contribution < 1.29 is 23.9 Å². The normalized spacial score (nSPS) is 17.6. The Morgan fingerprint density at radius 2 is 1.81 bits per heavy atom. The predicted molar refractivity (Wildman–Crippen MR) is 138 cm³/mol. The third kappa shape index (κ3) is 6.20. The van der Waals surface area contributed by atoms with Crippen LogP contribution < -0.4 is 20.1 Å². The molecule has 2 aromatic carbocycles. The molecule has 2 heterocycles. The van der Waals surface area contributed by atoms with Crippen LogP contribution in [0.4, 0.5) is 0 Å². The number of hydrogen-bond donors (Lipinski definition) is 2. The van der Waals surface area contributed by atoms with Crippen molar-refractivity contribution in [2.75, 3.05) is 26.3 Å². The minimum atomic E-state index is -0.952. The van der Waals surface area contributed by atoms with Gasteiger partial charge >= 0.3 is 0 Å². The van der Waals surface area contributed by atoms with Crippen molar-refractivity contribution in [3.8, 4) is 11.5 Å². The van der Waals surface area contributed by atoms with Gasteiger partial charge in [-0.25, -0.2) is 4.31 Å². The predicted octanol–water partition coefficient (Wildman–Crippen LogP) is 2.92. The molecular weight excluding hydrogens is 478 g/mol. The fraction of sp³-hybridized carbons (Fsp3) is 0.444. The van der Waals surface area contributed by atoms with Crippen LogP contribution in [-0.4, -0.2) is 60.3 Å². The molecule has 0 radical (unpaired) electrons. The number of carbonyl (C=O) groups is 3. The average Bonchev–Trinajstić information content (AvgIpc) is 2.90. The first-order valence-corrected chi connectivity index (χ1v) is 13.3. The van der Waals surface area contributed by atoms with Gasteiger partial charge in [0.05, 0.1) is 0 Å². The number of carbonyl (C=O) groups excluding carboxylic acids is 3. The molecule has 0 fully saturated rings. The van der Waals surface area contributed by atoms with Crippen molar-refractivity contribution in [1.82, 2.24) is 14.9 Å². The summed E-state index contributed by atoms with van der Waals surface area (Å²) >= 11 is 1.50. The minimum absolute atomic E-state index is 0.244. The van der Waals surface area contributed by atoms with Gasteiger partial charge in [-0.3, -0.25) is 14.4 Å². The second-order valence-electron chi connectivity index (χ2n) is 8.87. The summed E-state index contributed by atoms with van der Waals surface area (Å²) in [6.45, 7) is 6.08. The fourth-order valence-corrected chi connectivity index (χ4v) is 5.41. The van der Waals surface area contributed by atoms with Crippen LogP contribution in [0.1, 0.15) is 37.8 Å². The van der Waals surface area contributed by atoms with Gasteiger partial charge in [0, 0.05) is 24.4 Å². The Hall–Kier alpha value is -3.04. The first-order chi connectivity index (χ1) is 17.5. The lowest BCUT2D eigenvalue weighted by Gasteiger charge is -2.35. The number of Topliss-reactive ketones (excluding diaryl/α,β-unsaturated/α-hetero) is 1. The van der Waals surface area contributed by atoms with Crippen LogP contribution in [0.2, 0.25) is 0 Å². The lowest BCUT2D eigenvalue weighted by Crippen LogP contribution is -2.54. The van der Waals surface area contributed by atoms with Crippen molar-refractivity contribution in [3.63, 3.8) is 0 Å². The molecular formula is C27H33N3O5S. The summed E-state index contributed by atoms with van der Waals surface area (Å²) in [7, 11) is 0. The molecule has 8 nitrogen and oxygen atoms in total. The van der Waals surface area contributed by atoms with E-state index in [1.54, 1.807) is 0 Å². The van der Waals surface area contributed by atoms with Gasteiger partial charge in [0.1, 0.15) is 25.3 Å². The fourth-order valence-electron chi connectivity index (χ4n) is 4.32. The molecule has 0 aromatic heterocycles. The van der Waals surface area contributed by atoms with E-state index in [9.17, 15) is 14.4 Å². The highest BCUT2D eigenvalue weighted by Crippen LogP contribution is 2.42. The second kappa shape index (κ2) is 12.3. The van der Waals surface area contributed by atoms with E-state index in [1.165, 1.54) is 11.9 Å². The highest BCUT2D eigenvalue weighted by Gasteiger charge is 2.36. The number of nitrogens with zero attached hydrogens (tertiary/aromatic N) is 1. The zero-order chi connectivity index (χ0) is 25.5. The van der Waals surface area contributed by atoms with E-state index in [2.05, 4.69) is 10.6 Å². The van der Waals surface area contributed by atoms with Crippen molar-refractivity contribution in [2.45, 2.75) is 56.5 Å². The summed E-state index contributed by atoms with van der Waals surface area (Å²) in [4.78, 5) is 40.2. The van der Waals surface area contributed by atoms with Crippen molar-refractivity contribution in [2.24, 2.45) is 0 Å². The van der Waals surface area contributed by atoms with Crippen molar-refractivity contribution in [1.29, 1.82) is 0 Å². The number of benzene rings is 2. The first-order valence-electron chi connectivity index (χ1n) is 12.5. The zero-order valence-electron chi connectivity index (χ0n) is 20.7. The van der Waals surface area contributed by atoms with E-state index >= 15 is 0 Å². The Balaban J connectivity index is 1.52. The molecule has 0 saturated carbocycles. The third-order valence-electron chi connectivity index (χ3n) is 6.27. The molecule has 2 aliphatic heterocycles. The van der Waals surface area contributed by atoms with Gasteiger partial charge in [-0.2, -0.15) is 0 Å². The maximum atomic E-state index is 13.5. The van der Waals surface area contributed by atoms with E-state index in [1.807, 2.05) is 60.6 Å². The SMILES string of the molecule is CCCCNC(=O)C(=O)[C@H](Cc1ccccc1)NC(=O)C1Cc2cc3c(cc2SN1CC)OCCO3. The minimum Gasteiger partial charge on any atom is -0.486 e. The van der Waals surface area contributed by atoms with Crippen LogP contribution in [-0.2, 0) is 27.2 Å². The Bertz CT molecular complexity index is 1090. The number of likely N-dealkylation sites (N-methyl/N-ethyl adjacent to an activating group) is 1. The summed E-state index contributed by atoms with van der Waals surface area (Å²) in [5, 5.41) is 5.59. The molecule has 2 amide bonds. The Kier molecular flexibility index (Phi) is 8.88. The molecule has 0 spiro atoms. The van der Waals surface area contributed by atoms with Gasteiger partial charge in [-0.15, -0.1) is 0 Å². The summed E-state index contributed by atoms with van der Waals surface area (Å²) in [6, 6.07) is 11.9. The van der Waals surface area contributed by atoms with E-state index in [0.717, 1.165) is 28.9 Å². The van der Waals surface area contributed by atoms with Crippen molar-refractivity contribution in [3.05, 3.63) is 53.6 Å². The maximum absolute atomic E-state index is 13.5. The summed E-state index contributed by atoms with van der Waals surface area (Å²) in [5.41, 5.74) is 1.87. The largest absolute Gasteiger partial charge is 0.486 e. The average molecular weight is 512 g/mol. The zero-order valence-corrected chi connectivity index (χ0v) is 21.6. The van der Waals surface area contributed by atoms with Crippen LogP contribution in [0.25, 0.3) is 0 Å². The monoisotopic (exact) mass is 511 g/mol. The number of ether oxygens (including phenoxy) is 2. The van der Waals surface area contributed by atoms with Crippen molar-refractivity contribution >= 4 is 29.5 Å². The standard InChI is InChI=1S/C27H33N3O5S/c1-3-5-11-28-27(33)25(31)20(14-18-9-7-6-8-10-18)29-26(32)21-15-19-16-22-23(35-13-12-34-22)17-24(19)36-30(21)4-2/h6-10,16-17,20-21H,3-5,11-15H2,1-2H3,(H,28,33)(H,29,32)/t20-,21?/m0/s1. The Morgan fingerprint density at radius 1 is 1.08 bits per heavy atom. The molecule has 1 unspecified atom stereocenters. The Morgan fingerprint density at radius 3 is 2.50 bits per heavy atom. The molecule has 0 aliphatic carbocycles. The van der Waals surface area contributed by atoms with Crippen LogP contribution in [0.3, 0.4) is 0 Å². The number of unbranched alkanes of at least 4 members (excludes halogenated alkanes) is 1. The van der Waals surface area contributed by atoms with Crippen LogP contribution >= 0.6 is 11.9 Å². The number of fused-ring (bicyclic) bond motifs is 2. The topological polar surface area (TPSA) is 97.0 Å². The quantitative estimate of drug-likeness (QED) is 0.288. The number of rotatable bonds is 10. The molecule has 2 atom stereocenters. The van der Waals surface area contributed by atoms with Crippen LogP contribution in [0.15, 0.2) is 47.4 Å². The van der Waals surface area contributed by atoms with Gasteiger partial charge < -0.3 is 20.1 Å². The smallest absolute Gasteiger partial charge is 0.289 e. The molecule has 0 bridgehead atoms. The third-order valence-corrected chi connectivity index (χ3v) is 7.60. The van der Waals surface area contributed by atoms with Gasteiger partial charge in [-0.05, 0) is 48.0 Å². The molecule has 4 rings (SSSR count). The molecule has 9 heteroatoms. The first kappa shape index (κ1) is 26.0. The molecule has 36 heavy (non-hydrogen) atoms. The molecule has 2 aromatic rings. The van der Waals surface area contributed by atoms with E-state index in [-0.39, 0.29) is 12.3 Å². The number of amides is 2. The summed E-state index contributed by atoms with van der Waals surface area (Å²) in [5.74, 6) is -0.167. The van der Waals surface area contributed by atoms with Crippen LogP contribution in [0, 0.1) is 0 Å². The summed E-state index contributed by atoms with van der Waals surface area (Å²) in [6.07, 6.45) is 2.41. The van der Waals surface area contributed by atoms with Gasteiger partial charge in [-0.1, -0.05) is 50.6 Å². The number of nitrogens with one attached hydrogen (secondary N) is 2. The molecule has 192 valence electrons. The van der Waals surface area contributed by atoms with E-state index in [0.29, 0.717) is 44.2 Å². The second-order valence-corrected chi connectivity index (χ2v) is 9.96. The molecule has 2 N–H and O–H groups in total. The van der Waals surface area contributed by atoms with E-state index in [4.69, 9.17) is 9.47 Å². The number of hydrogen-bond acceptors (Lipinski definition) is 7. The van der Waals surface area contributed by atoms with Gasteiger partial charge in [0.2, 0.25) is 11.7 Å². The molecule has 0 saturated heterocycles. The lowest BCUT2D eigenvalue weighted by molar-refractivity contribution is -0.140. The summed E-state index contributed by atoms with van der Waals surface area (Å²) < 4.78 is 13.4. The Labute approximate surface area is 216 Å².